The van der Waals surface area contributed by atoms with Crippen LogP contribution in [0.2, 0.25) is 5.02 Å². The first-order valence-electron chi connectivity index (χ1n) is 12.3. The number of amides is 1. The fraction of sp³-hybridized carbons (Fsp3) is 0.615. The highest BCUT2D eigenvalue weighted by atomic mass is 35.5. The fourth-order valence-corrected chi connectivity index (χ4v) is 6.04. The molecule has 1 amide bonds. The van der Waals surface area contributed by atoms with E-state index < -0.39 is 5.60 Å². The Hall–Kier alpha value is -1.89. The van der Waals surface area contributed by atoms with Crippen LogP contribution in [0.25, 0.3) is 10.9 Å². The van der Waals surface area contributed by atoms with Crippen molar-refractivity contribution in [1.82, 2.24) is 15.2 Å². The summed E-state index contributed by atoms with van der Waals surface area (Å²) in [7, 11) is 4.23. The van der Waals surface area contributed by atoms with E-state index in [2.05, 4.69) is 29.2 Å². The topological polar surface area (TPSA) is 68.7 Å². The monoisotopic (exact) mass is 470 g/mol. The Labute approximate surface area is 201 Å². The Bertz CT molecular complexity index is 1040. The molecule has 5 rings (SSSR count). The summed E-state index contributed by atoms with van der Waals surface area (Å²) in [5, 5.41) is 15.3. The summed E-state index contributed by atoms with van der Waals surface area (Å²) >= 11 is 6.48. The molecule has 2 saturated carbocycles. The van der Waals surface area contributed by atoms with Gasteiger partial charge < -0.3 is 20.2 Å². The summed E-state index contributed by atoms with van der Waals surface area (Å²) in [6.07, 6.45) is 7.47. The van der Waals surface area contributed by atoms with Gasteiger partial charge in [-0.15, -0.1) is 0 Å². The number of nitrogens with one attached hydrogen (secondary N) is 1. The molecule has 2 heterocycles. The van der Waals surface area contributed by atoms with Gasteiger partial charge in [-0.3, -0.25) is 4.79 Å². The quantitative estimate of drug-likeness (QED) is 0.665. The number of halogens is 1. The molecule has 1 saturated heterocycles. The van der Waals surface area contributed by atoms with Gasteiger partial charge in [0.25, 0.3) is 5.91 Å². The molecule has 2 aliphatic carbocycles. The van der Waals surface area contributed by atoms with Crippen molar-refractivity contribution in [3.05, 3.63) is 34.9 Å². The van der Waals surface area contributed by atoms with E-state index in [4.69, 9.17) is 16.6 Å². The lowest BCUT2D eigenvalue weighted by atomic mass is 9.76. The van der Waals surface area contributed by atoms with Crippen molar-refractivity contribution in [2.45, 2.75) is 56.6 Å². The summed E-state index contributed by atoms with van der Waals surface area (Å²) in [6, 6.07) is 8.11. The molecule has 2 unspecified atom stereocenters. The van der Waals surface area contributed by atoms with Gasteiger partial charge in [0.1, 0.15) is 5.82 Å². The van der Waals surface area contributed by atoms with Crippen molar-refractivity contribution in [2.24, 2.45) is 11.8 Å². The maximum Gasteiger partial charge on any atom is 0.253 e. The molecular weight excluding hydrogens is 436 g/mol. The van der Waals surface area contributed by atoms with Crippen molar-refractivity contribution >= 4 is 34.2 Å². The van der Waals surface area contributed by atoms with Gasteiger partial charge in [-0.05, 0) is 88.7 Å². The molecule has 3 fully saturated rings. The van der Waals surface area contributed by atoms with Gasteiger partial charge in [0.2, 0.25) is 0 Å². The van der Waals surface area contributed by atoms with E-state index >= 15 is 0 Å². The minimum absolute atomic E-state index is 0.240. The Kier molecular flexibility index (Phi) is 6.27. The lowest BCUT2D eigenvalue weighted by molar-refractivity contribution is -0.0178. The number of carbonyl (C=O) groups excluding carboxylic acids is 1. The molecular formula is C26H35ClN4O2. The van der Waals surface area contributed by atoms with Crippen LogP contribution in [0.5, 0.6) is 0 Å². The van der Waals surface area contributed by atoms with Crippen LogP contribution in [-0.2, 0) is 0 Å². The molecule has 6 nitrogen and oxygen atoms in total. The van der Waals surface area contributed by atoms with E-state index in [0.717, 1.165) is 61.4 Å². The number of fused-ring (bicyclic) bond motifs is 1. The number of hydrogen-bond donors (Lipinski definition) is 2. The van der Waals surface area contributed by atoms with Gasteiger partial charge in [-0.2, -0.15) is 0 Å². The van der Waals surface area contributed by atoms with Gasteiger partial charge in [0, 0.05) is 31.1 Å². The fourth-order valence-electron chi connectivity index (χ4n) is 5.79. The standard InChI is InChI=1S/C26H35ClN4O2/c1-30(2)19-11-13-31(15-19)23-10-7-20-22(29-23)9-8-21(27)24(20)25(32)28-16-26(33)12-3-4-18(14-26)17-5-6-17/h7-10,17-19,33H,3-6,11-16H2,1-2H3,(H,28,32)/t18?,19-,26?/m1/s1. The average molecular weight is 471 g/mol. The largest absolute Gasteiger partial charge is 0.388 e. The van der Waals surface area contributed by atoms with Crippen LogP contribution in [0.1, 0.15) is 55.3 Å². The predicted octanol–water partition coefficient (Wildman–Crippen LogP) is 4.09. The number of likely N-dealkylation sites (N-methyl/N-ethyl adjacent to an activating group) is 1. The highest BCUT2D eigenvalue weighted by molar-refractivity contribution is 6.35. The molecule has 0 radical (unpaired) electrons. The van der Waals surface area contributed by atoms with Crippen LogP contribution >= 0.6 is 11.6 Å². The minimum Gasteiger partial charge on any atom is -0.388 e. The van der Waals surface area contributed by atoms with E-state index in [1.807, 2.05) is 18.2 Å². The third kappa shape index (κ3) is 4.84. The van der Waals surface area contributed by atoms with Crippen LogP contribution in [0.3, 0.4) is 0 Å². The van der Waals surface area contributed by atoms with Gasteiger partial charge >= 0.3 is 0 Å². The van der Waals surface area contributed by atoms with Crippen molar-refractivity contribution in [2.75, 3.05) is 38.6 Å². The Morgan fingerprint density at radius 1 is 1.21 bits per heavy atom. The minimum atomic E-state index is -0.817. The summed E-state index contributed by atoms with van der Waals surface area (Å²) in [5.74, 6) is 2.07. The van der Waals surface area contributed by atoms with Crippen LogP contribution in [0.4, 0.5) is 5.82 Å². The molecule has 3 aliphatic rings. The summed E-state index contributed by atoms with van der Waals surface area (Å²) in [4.78, 5) is 22.6. The lowest BCUT2D eigenvalue weighted by Gasteiger charge is -2.37. The first-order chi connectivity index (χ1) is 15.8. The van der Waals surface area contributed by atoms with Crippen LogP contribution in [0.15, 0.2) is 24.3 Å². The average Bonchev–Trinajstić information content (AvgIpc) is 3.53. The highest BCUT2D eigenvalue weighted by Gasteiger charge is 2.41. The molecule has 1 aromatic heterocycles. The SMILES string of the molecule is CN(C)[C@@H]1CCN(c2ccc3c(C(=O)NCC4(O)CCCC(C5CC5)C4)c(Cl)ccc3n2)C1. The van der Waals surface area contributed by atoms with E-state index in [1.165, 1.54) is 19.3 Å². The molecule has 2 N–H and O–H groups in total. The highest BCUT2D eigenvalue weighted by Crippen LogP contribution is 2.46. The summed E-state index contributed by atoms with van der Waals surface area (Å²) in [6.45, 7) is 2.20. The smallest absolute Gasteiger partial charge is 0.253 e. The molecule has 0 spiro atoms. The summed E-state index contributed by atoms with van der Waals surface area (Å²) in [5.41, 5.74) is 0.391. The normalized spacial score (nSPS) is 28.0. The number of nitrogens with zero attached hydrogens (tertiary/aromatic N) is 3. The predicted molar refractivity (Wildman–Crippen MR) is 133 cm³/mol. The number of aromatic nitrogens is 1. The number of anilines is 1. The van der Waals surface area contributed by atoms with Crippen molar-refractivity contribution in [1.29, 1.82) is 0 Å². The number of hydrogen-bond acceptors (Lipinski definition) is 5. The second kappa shape index (κ2) is 9.05. The van der Waals surface area contributed by atoms with Crippen LogP contribution < -0.4 is 10.2 Å². The van der Waals surface area contributed by atoms with E-state index in [9.17, 15) is 9.90 Å². The third-order valence-corrected chi connectivity index (χ3v) is 8.29. The zero-order chi connectivity index (χ0) is 23.2. The lowest BCUT2D eigenvalue weighted by Crippen LogP contribution is -2.46. The zero-order valence-electron chi connectivity index (χ0n) is 19.7. The number of rotatable bonds is 6. The maximum absolute atomic E-state index is 13.2. The molecule has 2 aromatic rings. The van der Waals surface area contributed by atoms with E-state index in [-0.39, 0.29) is 12.5 Å². The molecule has 7 heteroatoms. The Morgan fingerprint density at radius 2 is 2.03 bits per heavy atom. The van der Waals surface area contributed by atoms with E-state index in [0.29, 0.717) is 22.5 Å². The third-order valence-electron chi connectivity index (χ3n) is 7.98. The second-order valence-electron chi connectivity index (χ2n) is 10.6. The Morgan fingerprint density at radius 3 is 2.76 bits per heavy atom. The van der Waals surface area contributed by atoms with Gasteiger partial charge in [-0.1, -0.05) is 18.0 Å². The second-order valence-corrected chi connectivity index (χ2v) is 11.0. The first kappa shape index (κ1) is 22.9. The number of benzene rings is 1. The Balaban J connectivity index is 1.32. The van der Waals surface area contributed by atoms with Gasteiger partial charge in [0.15, 0.2) is 0 Å². The van der Waals surface area contributed by atoms with Crippen LogP contribution in [-0.4, -0.2) is 66.3 Å². The zero-order valence-corrected chi connectivity index (χ0v) is 20.4. The first-order valence-corrected chi connectivity index (χ1v) is 12.7. The molecule has 1 aromatic carbocycles. The van der Waals surface area contributed by atoms with E-state index in [1.54, 1.807) is 6.07 Å². The molecule has 0 bridgehead atoms. The van der Waals surface area contributed by atoms with Crippen molar-refractivity contribution < 1.29 is 9.90 Å². The molecule has 1 aliphatic heterocycles. The summed E-state index contributed by atoms with van der Waals surface area (Å²) < 4.78 is 0. The van der Waals surface area contributed by atoms with Crippen molar-refractivity contribution in [3.8, 4) is 0 Å². The van der Waals surface area contributed by atoms with Crippen molar-refractivity contribution in [3.63, 3.8) is 0 Å². The molecule has 33 heavy (non-hydrogen) atoms. The molecule has 178 valence electrons. The maximum atomic E-state index is 13.2. The van der Waals surface area contributed by atoms with Gasteiger partial charge in [0.05, 0.1) is 21.7 Å². The van der Waals surface area contributed by atoms with Gasteiger partial charge in [-0.25, -0.2) is 4.98 Å². The number of aliphatic hydroxyl groups is 1. The number of carbonyl (C=O) groups is 1. The van der Waals surface area contributed by atoms with Crippen LogP contribution in [0, 0.1) is 11.8 Å². The molecule has 3 atom stereocenters. The number of pyridine rings is 1.